The topological polar surface area (TPSA) is 51.2 Å². The molecule has 0 fully saturated rings. The fourth-order valence-corrected chi connectivity index (χ4v) is 2.09. The van der Waals surface area contributed by atoms with Crippen LogP contribution < -0.4 is 10.1 Å². The zero-order valence-electron chi connectivity index (χ0n) is 9.72. The van der Waals surface area contributed by atoms with Gasteiger partial charge in [0.25, 0.3) is 0 Å². The van der Waals surface area contributed by atoms with E-state index in [1.165, 1.54) is 6.20 Å². The van der Waals surface area contributed by atoms with Crippen molar-refractivity contribution in [2.45, 2.75) is 13.1 Å². The summed E-state index contributed by atoms with van der Waals surface area (Å²) in [6, 6.07) is 9.15. The lowest BCUT2D eigenvalue weighted by Gasteiger charge is -2.07. The van der Waals surface area contributed by atoms with Gasteiger partial charge in [0, 0.05) is 19.3 Å². The number of ether oxygens (including phenoxy) is 1. The van der Waals surface area contributed by atoms with Crippen LogP contribution in [0.25, 0.3) is 0 Å². The van der Waals surface area contributed by atoms with Gasteiger partial charge in [-0.1, -0.05) is 12.1 Å². The summed E-state index contributed by atoms with van der Waals surface area (Å²) in [5.41, 5.74) is 2.82. The highest BCUT2D eigenvalue weighted by molar-refractivity contribution is 5.93. The van der Waals surface area contributed by atoms with Crippen molar-refractivity contribution < 1.29 is 9.53 Å². The van der Waals surface area contributed by atoms with Gasteiger partial charge in [-0.2, -0.15) is 0 Å². The molecule has 0 atom stereocenters. The van der Waals surface area contributed by atoms with Crippen molar-refractivity contribution in [1.29, 1.82) is 0 Å². The molecule has 18 heavy (non-hydrogen) atoms. The fraction of sp³-hybridized carbons (Fsp3) is 0.143. The Morgan fingerprint density at radius 1 is 1.22 bits per heavy atom. The molecule has 4 heteroatoms. The molecule has 1 aromatic carbocycles. The van der Waals surface area contributed by atoms with Gasteiger partial charge in [-0.15, -0.1) is 0 Å². The molecule has 0 spiro atoms. The number of pyridine rings is 1. The van der Waals surface area contributed by atoms with Crippen molar-refractivity contribution in [3.05, 3.63) is 59.4 Å². The Hall–Kier alpha value is -2.20. The molecule has 0 bridgehead atoms. The Morgan fingerprint density at radius 2 is 2.17 bits per heavy atom. The van der Waals surface area contributed by atoms with Gasteiger partial charge in [-0.05, 0) is 29.3 Å². The Balaban J connectivity index is 1.88. The first-order valence-electron chi connectivity index (χ1n) is 5.78. The number of nitrogens with zero attached hydrogens (tertiary/aromatic N) is 1. The number of carbonyl (C=O) groups excluding carboxylic acids is 1. The zero-order valence-corrected chi connectivity index (χ0v) is 9.72. The molecule has 1 aliphatic rings. The molecule has 90 valence electrons. The molecule has 0 saturated carbocycles. The summed E-state index contributed by atoms with van der Waals surface area (Å²) < 4.78 is 5.30. The Bertz CT molecular complexity index is 582. The maximum absolute atomic E-state index is 12.1. The van der Waals surface area contributed by atoms with E-state index in [0.717, 1.165) is 17.7 Å². The van der Waals surface area contributed by atoms with E-state index in [-0.39, 0.29) is 5.97 Å². The van der Waals surface area contributed by atoms with Gasteiger partial charge in [0.2, 0.25) is 0 Å². The molecule has 0 aliphatic carbocycles. The van der Waals surface area contributed by atoms with Gasteiger partial charge in [0.15, 0.2) is 0 Å². The Kier molecular flexibility index (Phi) is 2.78. The van der Waals surface area contributed by atoms with E-state index in [4.69, 9.17) is 4.74 Å². The molecule has 0 amide bonds. The number of hydrogen-bond donors (Lipinski definition) is 1. The largest absolute Gasteiger partial charge is 0.421 e. The molecule has 4 nitrogen and oxygen atoms in total. The van der Waals surface area contributed by atoms with Crippen LogP contribution in [-0.2, 0) is 13.1 Å². The number of fused-ring (bicyclic) bond motifs is 1. The molecular weight excluding hydrogens is 228 g/mol. The van der Waals surface area contributed by atoms with Crippen LogP contribution in [0.4, 0.5) is 0 Å². The highest BCUT2D eigenvalue weighted by atomic mass is 16.5. The van der Waals surface area contributed by atoms with E-state index in [0.29, 0.717) is 17.9 Å². The molecule has 1 aliphatic heterocycles. The maximum atomic E-state index is 12.1. The van der Waals surface area contributed by atoms with Crippen LogP contribution in [0.3, 0.4) is 0 Å². The first kappa shape index (κ1) is 10.9. The SMILES string of the molecule is O=C(Oc1cccnc1)c1cccc2c1CNC2. The molecule has 1 aromatic heterocycles. The summed E-state index contributed by atoms with van der Waals surface area (Å²) in [6.07, 6.45) is 3.17. The number of aromatic nitrogens is 1. The van der Waals surface area contributed by atoms with E-state index < -0.39 is 0 Å². The highest BCUT2D eigenvalue weighted by Gasteiger charge is 2.19. The number of nitrogens with one attached hydrogen (secondary N) is 1. The lowest BCUT2D eigenvalue weighted by atomic mass is 10.0. The molecule has 2 heterocycles. The first-order chi connectivity index (χ1) is 8.84. The number of rotatable bonds is 2. The van der Waals surface area contributed by atoms with E-state index >= 15 is 0 Å². The highest BCUT2D eigenvalue weighted by Crippen LogP contribution is 2.21. The van der Waals surface area contributed by atoms with Crippen LogP contribution in [0.2, 0.25) is 0 Å². The lowest BCUT2D eigenvalue weighted by Crippen LogP contribution is -2.12. The van der Waals surface area contributed by atoms with Crippen LogP contribution in [0.5, 0.6) is 5.75 Å². The molecule has 3 rings (SSSR count). The third-order valence-corrected chi connectivity index (χ3v) is 2.96. The minimum absolute atomic E-state index is 0.330. The van der Waals surface area contributed by atoms with Crippen LogP contribution >= 0.6 is 0 Å². The van der Waals surface area contributed by atoms with Crippen LogP contribution in [0.15, 0.2) is 42.7 Å². The van der Waals surface area contributed by atoms with Crippen LogP contribution in [-0.4, -0.2) is 11.0 Å². The van der Waals surface area contributed by atoms with Gasteiger partial charge in [-0.3, -0.25) is 4.98 Å². The van der Waals surface area contributed by atoms with Gasteiger partial charge in [0.05, 0.1) is 11.8 Å². The van der Waals surface area contributed by atoms with Crippen molar-refractivity contribution in [3.8, 4) is 5.75 Å². The van der Waals surface area contributed by atoms with Crippen molar-refractivity contribution >= 4 is 5.97 Å². The summed E-state index contributed by atoms with van der Waals surface area (Å²) >= 11 is 0. The van der Waals surface area contributed by atoms with Crippen molar-refractivity contribution in [2.24, 2.45) is 0 Å². The number of benzene rings is 1. The first-order valence-corrected chi connectivity index (χ1v) is 5.78. The molecular formula is C14H12N2O2. The number of hydrogen-bond acceptors (Lipinski definition) is 4. The second-order valence-electron chi connectivity index (χ2n) is 4.13. The minimum atomic E-state index is -0.330. The van der Waals surface area contributed by atoms with Gasteiger partial charge in [0.1, 0.15) is 5.75 Å². The van der Waals surface area contributed by atoms with Gasteiger partial charge in [-0.25, -0.2) is 4.79 Å². The number of esters is 1. The van der Waals surface area contributed by atoms with E-state index in [1.54, 1.807) is 24.4 Å². The normalized spacial score (nSPS) is 13.1. The van der Waals surface area contributed by atoms with Crippen LogP contribution in [0.1, 0.15) is 21.5 Å². The summed E-state index contributed by atoms with van der Waals surface area (Å²) in [5, 5.41) is 3.23. The predicted octanol–water partition coefficient (Wildman–Crippen LogP) is 1.90. The zero-order chi connectivity index (χ0) is 12.4. The second kappa shape index (κ2) is 4.58. The third kappa shape index (κ3) is 1.98. The second-order valence-corrected chi connectivity index (χ2v) is 4.13. The summed E-state index contributed by atoms with van der Waals surface area (Å²) in [6.45, 7) is 1.52. The minimum Gasteiger partial charge on any atom is -0.421 e. The average molecular weight is 240 g/mol. The number of carbonyl (C=O) groups is 1. The molecule has 1 N–H and O–H groups in total. The van der Waals surface area contributed by atoms with E-state index in [1.807, 2.05) is 12.1 Å². The molecule has 0 unspecified atom stereocenters. The van der Waals surface area contributed by atoms with Gasteiger partial charge < -0.3 is 10.1 Å². The van der Waals surface area contributed by atoms with Crippen molar-refractivity contribution in [1.82, 2.24) is 10.3 Å². The van der Waals surface area contributed by atoms with E-state index in [2.05, 4.69) is 10.3 Å². The molecule has 2 aromatic rings. The predicted molar refractivity (Wildman–Crippen MR) is 66.2 cm³/mol. The fourth-order valence-electron chi connectivity index (χ4n) is 2.09. The standard InChI is InChI=1S/C14H12N2O2/c17-14(18-11-4-2-6-15-8-11)12-5-1-3-10-7-16-9-13(10)12/h1-6,8,16H,7,9H2. The van der Waals surface area contributed by atoms with Crippen LogP contribution in [0, 0.1) is 0 Å². The van der Waals surface area contributed by atoms with Crippen molar-refractivity contribution in [2.75, 3.05) is 0 Å². The summed E-state index contributed by atoms with van der Waals surface area (Å²) in [4.78, 5) is 16.0. The average Bonchev–Trinajstić information content (AvgIpc) is 2.87. The molecule has 0 radical (unpaired) electrons. The summed E-state index contributed by atoms with van der Waals surface area (Å²) in [5.74, 6) is 0.134. The third-order valence-electron chi connectivity index (χ3n) is 2.96. The quantitative estimate of drug-likeness (QED) is 0.815. The Labute approximate surface area is 105 Å². The lowest BCUT2D eigenvalue weighted by molar-refractivity contribution is 0.0733. The van der Waals surface area contributed by atoms with Gasteiger partial charge >= 0.3 is 5.97 Å². The Morgan fingerprint density at radius 3 is 3.00 bits per heavy atom. The monoisotopic (exact) mass is 240 g/mol. The maximum Gasteiger partial charge on any atom is 0.343 e. The smallest absolute Gasteiger partial charge is 0.343 e. The van der Waals surface area contributed by atoms with E-state index in [9.17, 15) is 4.79 Å². The summed E-state index contributed by atoms with van der Waals surface area (Å²) in [7, 11) is 0. The van der Waals surface area contributed by atoms with Crippen molar-refractivity contribution in [3.63, 3.8) is 0 Å². The molecule has 0 saturated heterocycles.